The van der Waals surface area contributed by atoms with Crippen LogP contribution in [0.25, 0.3) is 10.9 Å². The third-order valence-electron chi connectivity index (χ3n) is 3.90. The number of piperazine rings is 1. The number of hydrogen-bond acceptors (Lipinski definition) is 3. The SMILES string of the molecule is O=C(O)N1CCN[C@H](CCn2[nH]c(=O)c3ccccc32)C1. The summed E-state index contributed by atoms with van der Waals surface area (Å²) in [7, 11) is 0. The van der Waals surface area contributed by atoms with Gasteiger partial charge in [0, 0.05) is 32.2 Å². The van der Waals surface area contributed by atoms with Crippen molar-refractivity contribution in [1.29, 1.82) is 0 Å². The molecular formula is C14H18N4O3. The minimum Gasteiger partial charge on any atom is -0.465 e. The molecule has 1 fully saturated rings. The molecule has 0 spiro atoms. The molecule has 0 saturated carbocycles. The maximum Gasteiger partial charge on any atom is 0.407 e. The second-order valence-electron chi connectivity index (χ2n) is 5.28. The van der Waals surface area contributed by atoms with E-state index in [-0.39, 0.29) is 11.6 Å². The Hall–Kier alpha value is -2.28. The van der Waals surface area contributed by atoms with Gasteiger partial charge in [0.05, 0.1) is 10.9 Å². The second-order valence-corrected chi connectivity index (χ2v) is 5.28. The zero-order valence-electron chi connectivity index (χ0n) is 11.6. The molecule has 1 aromatic heterocycles. The molecule has 7 nitrogen and oxygen atoms in total. The maximum absolute atomic E-state index is 11.8. The molecule has 2 heterocycles. The quantitative estimate of drug-likeness (QED) is 0.775. The summed E-state index contributed by atoms with van der Waals surface area (Å²) in [6, 6.07) is 7.56. The molecule has 0 aliphatic carbocycles. The van der Waals surface area contributed by atoms with E-state index in [0.29, 0.717) is 31.6 Å². The summed E-state index contributed by atoms with van der Waals surface area (Å²) in [6.07, 6.45) is -0.111. The van der Waals surface area contributed by atoms with Crippen molar-refractivity contribution in [2.75, 3.05) is 19.6 Å². The van der Waals surface area contributed by atoms with Crippen molar-refractivity contribution < 1.29 is 9.90 Å². The number of benzene rings is 1. The normalized spacial score (nSPS) is 19.0. The molecule has 0 unspecified atom stereocenters. The number of fused-ring (bicyclic) bond motifs is 1. The number of aromatic amines is 1. The number of rotatable bonds is 3. The number of para-hydroxylation sites is 1. The van der Waals surface area contributed by atoms with E-state index in [2.05, 4.69) is 10.4 Å². The summed E-state index contributed by atoms with van der Waals surface area (Å²) in [5.74, 6) is 0. The molecule has 7 heteroatoms. The smallest absolute Gasteiger partial charge is 0.407 e. The van der Waals surface area contributed by atoms with Crippen molar-refractivity contribution in [3.8, 4) is 0 Å². The zero-order valence-corrected chi connectivity index (χ0v) is 11.6. The van der Waals surface area contributed by atoms with Gasteiger partial charge in [-0.1, -0.05) is 12.1 Å². The van der Waals surface area contributed by atoms with Crippen LogP contribution in [0.1, 0.15) is 6.42 Å². The Kier molecular flexibility index (Phi) is 3.66. The van der Waals surface area contributed by atoms with Crippen LogP contribution in [0, 0.1) is 0 Å². The van der Waals surface area contributed by atoms with Crippen LogP contribution in [0.4, 0.5) is 4.79 Å². The number of H-pyrrole nitrogens is 1. The Balaban J connectivity index is 1.69. The van der Waals surface area contributed by atoms with Crippen molar-refractivity contribution in [2.24, 2.45) is 0 Å². The molecule has 2 aromatic rings. The lowest BCUT2D eigenvalue weighted by molar-refractivity contribution is 0.126. The van der Waals surface area contributed by atoms with Gasteiger partial charge in [-0.2, -0.15) is 0 Å². The van der Waals surface area contributed by atoms with Crippen molar-refractivity contribution in [1.82, 2.24) is 20.0 Å². The van der Waals surface area contributed by atoms with Crippen LogP contribution in [0.3, 0.4) is 0 Å². The first-order valence-electron chi connectivity index (χ1n) is 7.04. The van der Waals surface area contributed by atoms with E-state index in [4.69, 9.17) is 5.11 Å². The molecule has 1 atom stereocenters. The summed E-state index contributed by atoms with van der Waals surface area (Å²) in [5.41, 5.74) is 0.794. The number of carbonyl (C=O) groups is 1. The second kappa shape index (κ2) is 5.61. The summed E-state index contributed by atoms with van der Waals surface area (Å²) in [6.45, 7) is 2.32. The van der Waals surface area contributed by atoms with Crippen LogP contribution in [0.2, 0.25) is 0 Å². The van der Waals surface area contributed by atoms with Gasteiger partial charge < -0.3 is 15.3 Å². The van der Waals surface area contributed by atoms with Crippen LogP contribution in [-0.4, -0.2) is 51.6 Å². The fraction of sp³-hybridized carbons (Fsp3) is 0.429. The van der Waals surface area contributed by atoms with Gasteiger partial charge in [0.15, 0.2) is 0 Å². The average Bonchev–Trinajstić information content (AvgIpc) is 2.82. The molecular weight excluding hydrogens is 272 g/mol. The van der Waals surface area contributed by atoms with Crippen LogP contribution in [0.5, 0.6) is 0 Å². The summed E-state index contributed by atoms with van der Waals surface area (Å²) < 4.78 is 1.83. The molecule has 0 radical (unpaired) electrons. The summed E-state index contributed by atoms with van der Waals surface area (Å²) >= 11 is 0. The highest BCUT2D eigenvalue weighted by Gasteiger charge is 2.22. The molecule has 1 amide bonds. The van der Waals surface area contributed by atoms with E-state index in [1.54, 1.807) is 6.07 Å². The van der Waals surface area contributed by atoms with Crippen molar-refractivity contribution >= 4 is 17.0 Å². The fourth-order valence-corrected chi connectivity index (χ4v) is 2.80. The molecule has 112 valence electrons. The van der Waals surface area contributed by atoms with Gasteiger partial charge in [-0.3, -0.25) is 14.6 Å². The largest absolute Gasteiger partial charge is 0.465 e. The predicted molar refractivity (Wildman–Crippen MR) is 78.6 cm³/mol. The number of carboxylic acid groups (broad SMARTS) is 1. The van der Waals surface area contributed by atoms with Gasteiger partial charge in [-0.25, -0.2) is 4.79 Å². The molecule has 21 heavy (non-hydrogen) atoms. The number of amides is 1. The van der Waals surface area contributed by atoms with E-state index in [1.165, 1.54) is 4.90 Å². The standard InChI is InChI=1S/C14H18N4O3/c19-13-11-3-1-2-4-12(11)18(16-13)7-5-10-9-17(14(20)21)8-6-15-10/h1-4,10,15H,5-9H2,(H,16,19)(H,20,21)/t10-/m1/s1. The van der Waals surface area contributed by atoms with Gasteiger partial charge in [-0.05, 0) is 18.6 Å². The Labute approximate surface area is 121 Å². The summed E-state index contributed by atoms with van der Waals surface area (Å²) in [5, 5.41) is 15.9. The Morgan fingerprint density at radius 2 is 2.19 bits per heavy atom. The maximum atomic E-state index is 11.8. The Morgan fingerprint density at radius 1 is 1.38 bits per heavy atom. The van der Waals surface area contributed by atoms with E-state index >= 15 is 0 Å². The minimum absolute atomic E-state index is 0.0886. The van der Waals surface area contributed by atoms with Gasteiger partial charge in [0.1, 0.15) is 0 Å². The monoisotopic (exact) mass is 290 g/mol. The van der Waals surface area contributed by atoms with Gasteiger partial charge in [-0.15, -0.1) is 0 Å². The Morgan fingerprint density at radius 3 is 3.00 bits per heavy atom. The third kappa shape index (κ3) is 2.78. The average molecular weight is 290 g/mol. The lowest BCUT2D eigenvalue weighted by atomic mass is 10.1. The van der Waals surface area contributed by atoms with E-state index in [9.17, 15) is 9.59 Å². The topological polar surface area (TPSA) is 90.4 Å². The van der Waals surface area contributed by atoms with Gasteiger partial charge in [0.2, 0.25) is 0 Å². The van der Waals surface area contributed by atoms with Crippen molar-refractivity contribution in [2.45, 2.75) is 19.0 Å². The lowest BCUT2D eigenvalue weighted by Crippen LogP contribution is -2.52. The number of nitrogens with zero attached hydrogens (tertiary/aromatic N) is 2. The first-order chi connectivity index (χ1) is 10.1. The number of aromatic nitrogens is 2. The van der Waals surface area contributed by atoms with E-state index < -0.39 is 6.09 Å². The molecule has 1 aromatic carbocycles. The van der Waals surface area contributed by atoms with Crippen LogP contribution < -0.4 is 10.9 Å². The molecule has 1 aliphatic heterocycles. The molecule has 0 bridgehead atoms. The zero-order chi connectivity index (χ0) is 14.8. The number of hydrogen-bond donors (Lipinski definition) is 3. The van der Waals surface area contributed by atoms with Crippen LogP contribution in [-0.2, 0) is 6.54 Å². The highest BCUT2D eigenvalue weighted by Crippen LogP contribution is 2.11. The van der Waals surface area contributed by atoms with E-state index in [0.717, 1.165) is 11.9 Å². The highest BCUT2D eigenvalue weighted by atomic mass is 16.4. The van der Waals surface area contributed by atoms with Gasteiger partial charge in [0.25, 0.3) is 5.56 Å². The van der Waals surface area contributed by atoms with Gasteiger partial charge >= 0.3 is 6.09 Å². The highest BCUT2D eigenvalue weighted by molar-refractivity contribution is 5.78. The summed E-state index contributed by atoms with van der Waals surface area (Å²) in [4.78, 5) is 24.2. The fourth-order valence-electron chi connectivity index (χ4n) is 2.80. The molecule has 1 saturated heterocycles. The first-order valence-corrected chi connectivity index (χ1v) is 7.04. The number of aryl methyl sites for hydroxylation is 1. The van der Waals surface area contributed by atoms with Crippen molar-refractivity contribution in [3.63, 3.8) is 0 Å². The molecule has 3 N–H and O–H groups in total. The third-order valence-corrected chi connectivity index (χ3v) is 3.90. The first kappa shape index (κ1) is 13.7. The number of nitrogens with one attached hydrogen (secondary N) is 2. The molecule has 3 rings (SSSR count). The van der Waals surface area contributed by atoms with Crippen molar-refractivity contribution in [3.05, 3.63) is 34.6 Å². The van der Waals surface area contributed by atoms with Crippen LogP contribution >= 0.6 is 0 Å². The van der Waals surface area contributed by atoms with Crippen LogP contribution in [0.15, 0.2) is 29.1 Å². The predicted octanol–water partition coefficient (Wildman–Crippen LogP) is 0.671. The minimum atomic E-state index is -0.874. The van der Waals surface area contributed by atoms with E-state index in [1.807, 2.05) is 22.9 Å². The lowest BCUT2D eigenvalue weighted by Gasteiger charge is -2.31. The Bertz CT molecular complexity index is 706. The molecule has 1 aliphatic rings.